The number of nitrogen functional groups attached to an aromatic ring is 1. The first-order valence-corrected chi connectivity index (χ1v) is 2.90. The number of aromatic amines is 1. The normalized spacial score (nSPS) is 10.5. The van der Waals surface area contributed by atoms with Gasteiger partial charge >= 0.3 is 0 Å². The fourth-order valence-electron chi connectivity index (χ4n) is 0.546. The van der Waals surface area contributed by atoms with Crippen molar-refractivity contribution in [1.29, 1.82) is 0 Å². The maximum Gasteiger partial charge on any atom is 0.272 e. The van der Waals surface area contributed by atoms with Gasteiger partial charge in [-0.15, -0.1) is 0 Å². The third-order valence-electron chi connectivity index (χ3n) is 0.986. The molecule has 11 heavy (non-hydrogen) atoms. The van der Waals surface area contributed by atoms with E-state index in [0.29, 0.717) is 0 Å². The minimum Gasteiger partial charge on any atom is -0.470 e. The molecule has 0 radical (unpaired) electrons. The molecule has 0 aliphatic carbocycles. The highest BCUT2D eigenvalue weighted by Gasteiger charge is 2.06. The Labute approximate surface area is 61.3 Å². The fraction of sp³-hybridized carbons (Fsp3) is 0.400. The molecule has 62 valence electrons. The minimum absolute atomic E-state index is 0.0882. The Hall–Kier alpha value is -1.33. The number of nitrogens with zero attached hydrogens (tertiary/aromatic N) is 1. The van der Waals surface area contributed by atoms with Crippen LogP contribution in [-0.2, 0) is 0 Å². The molecule has 1 aromatic heterocycles. The number of nitrogens with one attached hydrogen (secondary N) is 1. The van der Waals surface area contributed by atoms with Crippen LogP contribution in [0.3, 0.4) is 0 Å². The third-order valence-corrected chi connectivity index (χ3v) is 0.986. The van der Waals surface area contributed by atoms with Crippen LogP contribution in [0.5, 0.6) is 5.88 Å². The van der Waals surface area contributed by atoms with E-state index in [1.54, 1.807) is 0 Å². The van der Waals surface area contributed by atoms with Crippen LogP contribution in [0.2, 0.25) is 0 Å². The van der Waals surface area contributed by atoms with E-state index in [9.17, 15) is 8.78 Å². The van der Waals surface area contributed by atoms with Gasteiger partial charge in [0.05, 0.1) is 6.20 Å². The highest BCUT2D eigenvalue weighted by Crippen LogP contribution is 2.15. The molecule has 1 heterocycles. The maximum absolute atomic E-state index is 11.6. The molecule has 0 aromatic carbocycles. The average molecular weight is 163 g/mol. The molecule has 6 heteroatoms. The van der Waals surface area contributed by atoms with E-state index >= 15 is 0 Å². The molecule has 0 amide bonds. The van der Waals surface area contributed by atoms with E-state index in [4.69, 9.17) is 5.73 Å². The zero-order valence-corrected chi connectivity index (χ0v) is 5.55. The van der Waals surface area contributed by atoms with Gasteiger partial charge in [-0.2, -0.15) is 5.10 Å². The molecule has 0 atom stereocenters. The molecule has 0 unspecified atom stereocenters. The lowest BCUT2D eigenvalue weighted by Gasteiger charge is -2.01. The highest BCUT2D eigenvalue weighted by atomic mass is 19.3. The maximum atomic E-state index is 11.6. The fourth-order valence-corrected chi connectivity index (χ4v) is 0.546. The van der Waals surface area contributed by atoms with Gasteiger partial charge in [-0.1, -0.05) is 0 Å². The Morgan fingerprint density at radius 1 is 1.73 bits per heavy atom. The number of anilines is 1. The first kappa shape index (κ1) is 7.77. The molecular formula is C5H7F2N3O. The van der Waals surface area contributed by atoms with Gasteiger partial charge < -0.3 is 10.5 Å². The summed E-state index contributed by atoms with van der Waals surface area (Å²) < 4.78 is 27.7. The summed E-state index contributed by atoms with van der Waals surface area (Å²) in [7, 11) is 0. The van der Waals surface area contributed by atoms with Crippen molar-refractivity contribution in [1.82, 2.24) is 10.2 Å². The summed E-state index contributed by atoms with van der Waals surface area (Å²) >= 11 is 0. The summed E-state index contributed by atoms with van der Waals surface area (Å²) in [5.74, 6) is 0.0882. The monoisotopic (exact) mass is 163 g/mol. The van der Waals surface area contributed by atoms with Crippen molar-refractivity contribution < 1.29 is 13.5 Å². The zero-order chi connectivity index (χ0) is 8.27. The lowest BCUT2D eigenvalue weighted by molar-refractivity contribution is 0.0799. The van der Waals surface area contributed by atoms with Crippen LogP contribution in [0.4, 0.5) is 14.5 Å². The number of ether oxygens (including phenoxy) is 1. The van der Waals surface area contributed by atoms with Gasteiger partial charge in [0.15, 0.2) is 6.61 Å². The van der Waals surface area contributed by atoms with Crippen molar-refractivity contribution in [3.63, 3.8) is 0 Å². The van der Waals surface area contributed by atoms with Crippen LogP contribution in [0.1, 0.15) is 0 Å². The Morgan fingerprint density at radius 2 is 2.45 bits per heavy atom. The van der Waals surface area contributed by atoms with E-state index < -0.39 is 13.0 Å². The molecule has 0 aliphatic rings. The summed E-state index contributed by atoms with van der Waals surface area (Å²) in [6.07, 6.45) is -1.21. The number of halogens is 2. The molecule has 1 aromatic rings. The van der Waals surface area contributed by atoms with E-state index in [-0.39, 0.29) is 11.6 Å². The molecule has 0 saturated carbocycles. The van der Waals surface area contributed by atoms with E-state index in [2.05, 4.69) is 14.9 Å². The molecule has 0 bridgehead atoms. The van der Waals surface area contributed by atoms with Crippen molar-refractivity contribution >= 4 is 5.69 Å². The van der Waals surface area contributed by atoms with Crippen LogP contribution in [0.15, 0.2) is 6.20 Å². The van der Waals surface area contributed by atoms with E-state index in [1.807, 2.05) is 0 Å². The number of rotatable bonds is 3. The molecular weight excluding hydrogens is 156 g/mol. The lowest BCUT2D eigenvalue weighted by Crippen LogP contribution is -2.08. The first-order chi connectivity index (χ1) is 5.20. The van der Waals surface area contributed by atoms with Gasteiger partial charge in [-0.25, -0.2) is 13.9 Å². The number of hydrogen-bond acceptors (Lipinski definition) is 3. The molecule has 3 N–H and O–H groups in total. The van der Waals surface area contributed by atoms with Crippen LogP contribution in [0, 0.1) is 0 Å². The Kier molecular flexibility index (Phi) is 2.25. The summed E-state index contributed by atoms with van der Waals surface area (Å²) in [5.41, 5.74) is 5.49. The Bertz CT molecular complexity index is 225. The number of alkyl halides is 2. The zero-order valence-electron chi connectivity index (χ0n) is 5.55. The molecule has 0 fully saturated rings. The van der Waals surface area contributed by atoms with Crippen molar-refractivity contribution in [3.8, 4) is 5.88 Å². The van der Waals surface area contributed by atoms with Crippen molar-refractivity contribution in [2.24, 2.45) is 0 Å². The standard InChI is InChI=1S/C5H7F2N3O/c6-4(7)2-11-5-3(8)1-9-10-5/h1,4H,2,8H2,(H,9,10). The first-order valence-electron chi connectivity index (χ1n) is 2.90. The lowest BCUT2D eigenvalue weighted by atomic mass is 10.6. The quantitative estimate of drug-likeness (QED) is 0.687. The topological polar surface area (TPSA) is 63.9 Å². The Morgan fingerprint density at radius 3 is 2.91 bits per heavy atom. The summed E-state index contributed by atoms with van der Waals surface area (Å²) in [4.78, 5) is 0. The second kappa shape index (κ2) is 3.18. The molecule has 0 spiro atoms. The van der Waals surface area contributed by atoms with Gasteiger partial charge in [-0.05, 0) is 0 Å². The summed E-state index contributed by atoms with van der Waals surface area (Å²) in [6, 6.07) is 0. The third kappa shape index (κ3) is 2.06. The van der Waals surface area contributed by atoms with Gasteiger partial charge in [0.2, 0.25) is 5.88 Å². The SMILES string of the molecule is Nc1cn[nH]c1OCC(F)F. The predicted octanol–water partition coefficient (Wildman–Crippen LogP) is 0.636. The molecule has 4 nitrogen and oxygen atoms in total. The largest absolute Gasteiger partial charge is 0.470 e. The minimum atomic E-state index is -2.50. The summed E-state index contributed by atoms with van der Waals surface area (Å²) in [5, 5.41) is 5.81. The molecule has 0 saturated heterocycles. The molecule has 1 rings (SSSR count). The van der Waals surface area contributed by atoms with Crippen molar-refractivity contribution in [3.05, 3.63) is 6.20 Å². The van der Waals surface area contributed by atoms with Gasteiger partial charge in [-0.3, -0.25) is 0 Å². The van der Waals surface area contributed by atoms with Crippen LogP contribution < -0.4 is 10.5 Å². The number of hydrogen-bond donors (Lipinski definition) is 2. The van der Waals surface area contributed by atoms with Gasteiger partial charge in [0, 0.05) is 0 Å². The van der Waals surface area contributed by atoms with Crippen LogP contribution >= 0.6 is 0 Å². The second-order valence-electron chi connectivity index (χ2n) is 1.86. The van der Waals surface area contributed by atoms with Crippen LogP contribution in [-0.4, -0.2) is 23.2 Å². The summed E-state index contributed by atoms with van der Waals surface area (Å²) in [6.45, 7) is -0.674. The van der Waals surface area contributed by atoms with E-state index in [1.165, 1.54) is 6.20 Å². The Balaban J connectivity index is 2.44. The predicted molar refractivity (Wildman–Crippen MR) is 34.5 cm³/mol. The van der Waals surface area contributed by atoms with Gasteiger partial charge in [0.25, 0.3) is 6.43 Å². The van der Waals surface area contributed by atoms with Gasteiger partial charge in [0.1, 0.15) is 5.69 Å². The number of H-pyrrole nitrogens is 1. The van der Waals surface area contributed by atoms with Crippen LogP contribution in [0.25, 0.3) is 0 Å². The second-order valence-corrected chi connectivity index (χ2v) is 1.86. The number of aromatic nitrogens is 2. The van der Waals surface area contributed by atoms with Crippen molar-refractivity contribution in [2.75, 3.05) is 12.3 Å². The van der Waals surface area contributed by atoms with Crippen molar-refractivity contribution in [2.45, 2.75) is 6.43 Å². The number of nitrogens with two attached hydrogens (primary N) is 1. The average Bonchev–Trinajstić information content (AvgIpc) is 2.31. The molecule has 0 aliphatic heterocycles. The smallest absolute Gasteiger partial charge is 0.272 e. The van der Waals surface area contributed by atoms with E-state index in [0.717, 1.165) is 0 Å². The highest BCUT2D eigenvalue weighted by molar-refractivity contribution is 5.45.